The van der Waals surface area contributed by atoms with Gasteiger partial charge >= 0.3 is 11.2 Å². The third kappa shape index (κ3) is 4.34. The summed E-state index contributed by atoms with van der Waals surface area (Å²) >= 11 is 0. The van der Waals surface area contributed by atoms with Crippen LogP contribution in [0.1, 0.15) is 24.7 Å². The van der Waals surface area contributed by atoms with Gasteiger partial charge in [-0.2, -0.15) is 4.98 Å². The van der Waals surface area contributed by atoms with Gasteiger partial charge in [-0.1, -0.05) is 19.1 Å². The Morgan fingerprint density at radius 2 is 2.12 bits per heavy atom. The van der Waals surface area contributed by atoms with Crippen molar-refractivity contribution >= 4 is 17.8 Å². The predicted octanol–water partition coefficient (Wildman–Crippen LogP) is 2.35. The van der Waals surface area contributed by atoms with Gasteiger partial charge in [-0.25, -0.2) is 0 Å². The standard InChI is InChI=1S/C16H17N3O6/c1-3-8-25-11-6-4-10(9-12(11)24-2)5-7-13-17-15(20)14(19(22)23)16(21)18-13/h4-7,9H,3,8H2,1-2H3,(H2,17,18,20,21). The predicted molar refractivity (Wildman–Crippen MR) is 90.9 cm³/mol. The summed E-state index contributed by atoms with van der Waals surface area (Å²) in [6.07, 6.45) is 3.88. The second kappa shape index (κ2) is 7.95. The molecule has 0 amide bonds. The van der Waals surface area contributed by atoms with Crippen molar-refractivity contribution < 1.29 is 19.5 Å². The van der Waals surface area contributed by atoms with Crippen LogP contribution in [-0.2, 0) is 0 Å². The van der Waals surface area contributed by atoms with Gasteiger partial charge < -0.3 is 19.6 Å². The summed E-state index contributed by atoms with van der Waals surface area (Å²) < 4.78 is 10.8. The highest BCUT2D eigenvalue weighted by Gasteiger charge is 2.21. The first-order valence-corrected chi connectivity index (χ1v) is 7.42. The molecule has 1 heterocycles. The summed E-state index contributed by atoms with van der Waals surface area (Å²) in [7, 11) is 1.52. The molecule has 132 valence electrons. The smallest absolute Gasteiger partial charge is 0.395 e. The number of benzene rings is 1. The van der Waals surface area contributed by atoms with E-state index in [0.717, 1.165) is 12.0 Å². The lowest BCUT2D eigenvalue weighted by molar-refractivity contribution is -0.387. The van der Waals surface area contributed by atoms with E-state index in [1.807, 2.05) is 6.92 Å². The zero-order valence-corrected chi connectivity index (χ0v) is 13.7. The third-order valence-electron chi connectivity index (χ3n) is 3.16. The number of H-pyrrole nitrogens is 1. The van der Waals surface area contributed by atoms with E-state index >= 15 is 0 Å². The molecule has 2 rings (SSSR count). The number of aromatic amines is 1. The molecule has 0 radical (unpaired) electrons. The Labute approximate surface area is 142 Å². The molecule has 0 unspecified atom stereocenters. The largest absolute Gasteiger partial charge is 0.493 e. The minimum Gasteiger partial charge on any atom is -0.493 e. The van der Waals surface area contributed by atoms with Gasteiger partial charge in [0.1, 0.15) is 5.82 Å². The van der Waals surface area contributed by atoms with Gasteiger partial charge in [0.2, 0.25) is 0 Å². The van der Waals surface area contributed by atoms with Crippen molar-refractivity contribution in [3.63, 3.8) is 0 Å². The molecule has 0 atom stereocenters. The number of nitro groups is 1. The number of ether oxygens (including phenoxy) is 2. The van der Waals surface area contributed by atoms with Crippen molar-refractivity contribution in [3.05, 3.63) is 50.1 Å². The molecule has 0 fully saturated rings. The first-order chi connectivity index (χ1) is 12.0. The van der Waals surface area contributed by atoms with Crippen molar-refractivity contribution in [2.75, 3.05) is 13.7 Å². The van der Waals surface area contributed by atoms with Crippen LogP contribution in [0.2, 0.25) is 0 Å². The van der Waals surface area contributed by atoms with Gasteiger partial charge in [0.05, 0.1) is 18.6 Å². The van der Waals surface area contributed by atoms with Crippen LogP contribution in [0.5, 0.6) is 17.4 Å². The average molecular weight is 347 g/mol. The van der Waals surface area contributed by atoms with Crippen molar-refractivity contribution in [2.24, 2.45) is 0 Å². The lowest BCUT2D eigenvalue weighted by atomic mass is 10.2. The topological polar surface area (TPSA) is 128 Å². The maximum atomic E-state index is 11.6. The number of methoxy groups -OCH3 is 1. The van der Waals surface area contributed by atoms with Crippen LogP contribution in [0.4, 0.5) is 5.69 Å². The fourth-order valence-corrected chi connectivity index (χ4v) is 2.01. The van der Waals surface area contributed by atoms with Crippen LogP contribution >= 0.6 is 0 Å². The Morgan fingerprint density at radius 1 is 1.36 bits per heavy atom. The molecule has 0 aliphatic rings. The number of aromatic nitrogens is 2. The van der Waals surface area contributed by atoms with Gasteiger partial charge in [0.15, 0.2) is 11.5 Å². The van der Waals surface area contributed by atoms with Crippen LogP contribution < -0.4 is 15.0 Å². The molecule has 1 aromatic carbocycles. The number of hydrogen-bond acceptors (Lipinski definition) is 7. The van der Waals surface area contributed by atoms with E-state index in [9.17, 15) is 20.0 Å². The fraction of sp³-hybridized carbons (Fsp3) is 0.250. The monoisotopic (exact) mass is 347 g/mol. The summed E-state index contributed by atoms with van der Waals surface area (Å²) in [6.45, 7) is 2.57. The zero-order chi connectivity index (χ0) is 18.4. The van der Waals surface area contributed by atoms with E-state index < -0.39 is 22.0 Å². The number of hydrogen-bond donors (Lipinski definition) is 2. The van der Waals surface area contributed by atoms with E-state index in [1.165, 1.54) is 13.2 Å². The van der Waals surface area contributed by atoms with Gasteiger partial charge in [0.25, 0.3) is 5.88 Å². The van der Waals surface area contributed by atoms with Crippen LogP contribution in [0, 0.1) is 10.1 Å². The molecule has 1 aromatic heterocycles. The first kappa shape index (κ1) is 18.0. The molecule has 9 heteroatoms. The Hall–Kier alpha value is -3.36. The van der Waals surface area contributed by atoms with Gasteiger partial charge in [-0.05, 0) is 30.2 Å². The summed E-state index contributed by atoms with van der Waals surface area (Å²) in [5, 5.41) is 20.2. The van der Waals surface area contributed by atoms with Crippen LogP contribution in [0.25, 0.3) is 12.2 Å². The number of rotatable bonds is 7. The Kier molecular flexibility index (Phi) is 5.72. The zero-order valence-electron chi connectivity index (χ0n) is 13.7. The summed E-state index contributed by atoms with van der Waals surface area (Å²) in [5.74, 6) is 0.206. The number of nitrogens with one attached hydrogen (secondary N) is 1. The molecule has 0 aliphatic heterocycles. The summed E-state index contributed by atoms with van der Waals surface area (Å²) in [5.41, 5.74) is -1.30. The van der Waals surface area contributed by atoms with E-state index in [2.05, 4.69) is 9.97 Å². The number of nitrogens with zero attached hydrogens (tertiary/aromatic N) is 2. The van der Waals surface area contributed by atoms with Crippen molar-refractivity contribution in [1.82, 2.24) is 9.97 Å². The second-order valence-corrected chi connectivity index (χ2v) is 4.97. The van der Waals surface area contributed by atoms with Gasteiger partial charge in [0, 0.05) is 0 Å². The minimum atomic E-state index is -1.03. The van der Waals surface area contributed by atoms with Crippen molar-refractivity contribution in [2.45, 2.75) is 13.3 Å². The normalized spacial score (nSPS) is 10.8. The van der Waals surface area contributed by atoms with Gasteiger partial charge in [-0.3, -0.25) is 14.9 Å². The molecule has 0 aliphatic carbocycles. The molecule has 2 N–H and O–H groups in total. The molecule has 0 saturated heterocycles. The minimum absolute atomic E-state index is 0.0154. The molecule has 0 bridgehead atoms. The van der Waals surface area contributed by atoms with Gasteiger partial charge in [-0.15, -0.1) is 0 Å². The summed E-state index contributed by atoms with van der Waals surface area (Å²) in [6, 6.07) is 5.25. The Bertz CT molecular complexity index is 859. The van der Waals surface area contributed by atoms with E-state index in [-0.39, 0.29) is 5.82 Å². The number of aromatic hydroxyl groups is 1. The maximum absolute atomic E-state index is 11.6. The molecule has 0 saturated carbocycles. The molecule has 2 aromatic rings. The van der Waals surface area contributed by atoms with Crippen molar-refractivity contribution in [3.8, 4) is 17.4 Å². The molecule has 9 nitrogen and oxygen atoms in total. The van der Waals surface area contributed by atoms with E-state index in [4.69, 9.17) is 9.47 Å². The lowest BCUT2D eigenvalue weighted by Gasteiger charge is -2.10. The van der Waals surface area contributed by atoms with Crippen LogP contribution in [0.3, 0.4) is 0 Å². The second-order valence-electron chi connectivity index (χ2n) is 4.97. The fourth-order valence-electron chi connectivity index (χ4n) is 2.01. The highest BCUT2D eigenvalue weighted by molar-refractivity contribution is 5.68. The third-order valence-corrected chi connectivity index (χ3v) is 3.16. The molecular weight excluding hydrogens is 330 g/mol. The first-order valence-electron chi connectivity index (χ1n) is 7.42. The maximum Gasteiger partial charge on any atom is 0.395 e. The highest BCUT2D eigenvalue weighted by Crippen LogP contribution is 2.29. The van der Waals surface area contributed by atoms with Crippen LogP contribution in [0.15, 0.2) is 23.0 Å². The van der Waals surface area contributed by atoms with Crippen molar-refractivity contribution in [1.29, 1.82) is 0 Å². The van der Waals surface area contributed by atoms with E-state index in [1.54, 1.807) is 24.3 Å². The average Bonchev–Trinajstić information content (AvgIpc) is 2.57. The quantitative estimate of drug-likeness (QED) is 0.581. The van der Waals surface area contributed by atoms with Crippen LogP contribution in [-0.4, -0.2) is 33.7 Å². The molecule has 25 heavy (non-hydrogen) atoms. The lowest BCUT2D eigenvalue weighted by Crippen LogP contribution is -2.14. The molecular formula is C16H17N3O6. The van der Waals surface area contributed by atoms with E-state index in [0.29, 0.717) is 18.1 Å². The SMILES string of the molecule is CCCOc1ccc(C=Cc2nc(O)c([N+](=O)[O-])c(=O)[nH]2)cc1OC. The Balaban J connectivity index is 2.27. The molecule has 0 spiro atoms. The Morgan fingerprint density at radius 3 is 2.72 bits per heavy atom. The summed E-state index contributed by atoms with van der Waals surface area (Å²) in [4.78, 5) is 27.1. The highest BCUT2D eigenvalue weighted by atomic mass is 16.6.